The summed E-state index contributed by atoms with van der Waals surface area (Å²) < 4.78 is 5.59. The number of fused-ring (bicyclic) bond motifs is 1. The third-order valence-corrected chi connectivity index (χ3v) is 4.79. The van der Waals surface area contributed by atoms with Crippen LogP contribution in [0.2, 0.25) is 0 Å². The van der Waals surface area contributed by atoms with Crippen LogP contribution in [-0.4, -0.2) is 37.7 Å². The van der Waals surface area contributed by atoms with Crippen molar-refractivity contribution in [3.8, 4) is 5.75 Å². The summed E-state index contributed by atoms with van der Waals surface area (Å²) in [7, 11) is 2.22. The van der Waals surface area contributed by atoms with Crippen LogP contribution in [0.1, 0.15) is 37.4 Å². The van der Waals surface area contributed by atoms with Crippen LogP contribution >= 0.6 is 0 Å². The first-order valence-electron chi connectivity index (χ1n) is 7.83. The zero-order valence-corrected chi connectivity index (χ0v) is 12.9. The van der Waals surface area contributed by atoms with Gasteiger partial charge in [0, 0.05) is 25.0 Å². The van der Waals surface area contributed by atoms with Gasteiger partial charge >= 0.3 is 0 Å². The summed E-state index contributed by atoms with van der Waals surface area (Å²) in [4.78, 5) is 2.43. The predicted molar refractivity (Wildman–Crippen MR) is 82.3 cm³/mol. The summed E-state index contributed by atoms with van der Waals surface area (Å²) in [5.41, 5.74) is 2.76. The van der Waals surface area contributed by atoms with Crippen molar-refractivity contribution in [1.82, 2.24) is 10.2 Å². The number of ether oxygens (including phenoxy) is 1. The van der Waals surface area contributed by atoms with Gasteiger partial charge in [0.25, 0.3) is 0 Å². The molecule has 1 aromatic carbocycles. The molecule has 0 aliphatic carbocycles. The second-order valence-electron chi connectivity index (χ2n) is 6.49. The molecule has 0 amide bonds. The van der Waals surface area contributed by atoms with Crippen molar-refractivity contribution in [2.24, 2.45) is 5.92 Å². The van der Waals surface area contributed by atoms with Crippen molar-refractivity contribution in [3.63, 3.8) is 0 Å². The second-order valence-corrected chi connectivity index (χ2v) is 6.49. The third kappa shape index (κ3) is 2.84. The van der Waals surface area contributed by atoms with Gasteiger partial charge in [-0.3, -0.25) is 0 Å². The second kappa shape index (κ2) is 5.74. The number of nitrogens with one attached hydrogen (secondary N) is 1. The van der Waals surface area contributed by atoms with Crippen LogP contribution in [0.4, 0.5) is 0 Å². The zero-order chi connectivity index (χ0) is 14.1. The molecule has 0 spiro atoms. The number of nitrogens with zero attached hydrogens (tertiary/aromatic N) is 1. The molecule has 0 aromatic heterocycles. The summed E-state index contributed by atoms with van der Waals surface area (Å²) in [6, 6.07) is 7.71. The lowest BCUT2D eigenvalue weighted by Gasteiger charge is -2.37. The van der Waals surface area contributed by atoms with Crippen LogP contribution in [0.5, 0.6) is 5.75 Å². The summed E-state index contributed by atoms with van der Waals surface area (Å²) in [6.07, 6.45) is 2.30. The molecule has 2 heterocycles. The molecule has 0 radical (unpaired) electrons. The molecular weight excluding hydrogens is 248 g/mol. The van der Waals surface area contributed by atoms with Crippen molar-refractivity contribution in [2.75, 3.05) is 26.7 Å². The first kappa shape index (κ1) is 13.9. The third-order valence-electron chi connectivity index (χ3n) is 4.79. The number of hydrogen-bond acceptors (Lipinski definition) is 3. The van der Waals surface area contributed by atoms with E-state index in [0.717, 1.165) is 18.8 Å². The van der Waals surface area contributed by atoms with E-state index in [1.54, 1.807) is 0 Å². The lowest BCUT2D eigenvalue weighted by molar-refractivity contribution is 0.168. The van der Waals surface area contributed by atoms with Crippen LogP contribution in [-0.2, 0) is 6.42 Å². The average molecular weight is 274 g/mol. The van der Waals surface area contributed by atoms with E-state index in [-0.39, 0.29) is 0 Å². The Morgan fingerprint density at radius 1 is 1.40 bits per heavy atom. The molecule has 110 valence electrons. The van der Waals surface area contributed by atoms with Gasteiger partial charge in [-0.15, -0.1) is 0 Å². The molecular formula is C17H26N2O. The van der Waals surface area contributed by atoms with E-state index >= 15 is 0 Å². The fourth-order valence-electron chi connectivity index (χ4n) is 3.49. The Kier molecular flexibility index (Phi) is 3.99. The molecule has 0 saturated carbocycles. The highest BCUT2D eigenvalue weighted by Gasteiger charge is 2.25. The van der Waals surface area contributed by atoms with E-state index in [4.69, 9.17) is 4.74 Å². The lowest BCUT2D eigenvalue weighted by Crippen LogP contribution is -2.47. The summed E-state index contributed by atoms with van der Waals surface area (Å²) in [5.74, 6) is 1.79. The highest BCUT2D eigenvalue weighted by atomic mass is 16.5. The molecule has 3 nitrogen and oxygen atoms in total. The monoisotopic (exact) mass is 274 g/mol. The molecule has 1 fully saturated rings. The number of benzene rings is 1. The molecule has 3 rings (SSSR count). The molecule has 1 aromatic rings. The minimum Gasteiger partial charge on any atom is -0.493 e. The number of hydrogen-bond donors (Lipinski definition) is 1. The van der Waals surface area contributed by atoms with Gasteiger partial charge in [0.2, 0.25) is 0 Å². The summed E-state index contributed by atoms with van der Waals surface area (Å²) >= 11 is 0. The Labute approximate surface area is 122 Å². The SMILES string of the molecule is CC(NC1CCN(C)CC1C)c1ccc2c(c1)CCO2. The lowest BCUT2D eigenvalue weighted by atomic mass is 9.92. The largest absolute Gasteiger partial charge is 0.493 e. The first-order valence-corrected chi connectivity index (χ1v) is 7.83. The Balaban J connectivity index is 1.65. The Morgan fingerprint density at radius 2 is 2.25 bits per heavy atom. The standard InChI is InChI=1S/C17H26N2O/c1-12-11-19(3)8-6-16(12)18-13(2)14-4-5-17-15(10-14)7-9-20-17/h4-5,10,12-13,16,18H,6-9,11H2,1-3H3. The summed E-state index contributed by atoms with van der Waals surface area (Å²) in [5, 5.41) is 3.83. The van der Waals surface area contributed by atoms with Crippen molar-refractivity contribution in [2.45, 2.75) is 38.8 Å². The minimum absolute atomic E-state index is 0.414. The molecule has 0 bridgehead atoms. The van der Waals surface area contributed by atoms with Crippen LogP contribution in [0, 0.1) is 5.92 Å². The van der Waals surface area contributed by atoms with Crippen molar-refractivity contribution in [1.29, 1.82) is 0 Å². The van der Waals surface area contributed by atoms with Gasteiger partial charge in [-0.2, -0.15) is 0 Å². The highest BCUT2D eigenvalue weighted by molar-refractivity contribution is 5.40. The van der Waals surface area contributed by atoms with E-state index in [2.05, 4.69) is 49.3 Å². The van der Waals surface area contributed by atoms with Gasteiger partial charge in [0.15, 0.2) is 0 Å². The maximum Gasteiger partial charge on any atom is 0.122 e. The van der Waals surface area contributed by atoms with E-state index in [9.17, 15) is 0 Å². The molecule has 1 saturated heterocycles. The smallest absolute Gasteiger partial charge is 0.122 e. The maximum absolute atomic E-state index is 5.59. The van der Waals surface area contributed by atoms with E-state index < -0.39 is 0 Å². The fraction of sp³-hybridized carbons (Fsp3) is 0.647. The van der Waals surface area contributed by atoms with Crippen molar-refractivity contribution >= 4 is 0 Å². The van der Waals surface area contributed by atoms with Gasteiger partial charge in [0.1, 0.15) is 5.75 Å². The first-order chi connectivity index (χ1) is 9.63. The Morgan fingerprint density at radius 3 is 3.05 bits per heavy atom. The number of piperidine rings is 1. The fourth-order valence-corrected chi connectivity index (χ4v) is 3.49. The van der Waals surface area contributed by atoms with E-state index in [1.165, 1.54) is 30.6 Å². The molecule has 3 unspecified atom stereocenters. The van der Waals surface area contributed by atoms with Crippen molar-refractivity contribution in [3.05, 3.63) is 29.3 Å². The van der Waals surface area contributed by atoms with Gasteiger partial charge in [-0.25, -0.2) is 0 Å². The van der Waals surface area contributed by atoms with Crippen LogP contribution in [0.3, 0.4) is 0 Å². The van der Waals surface area contributed by atoms with Gasteiger partial charge in [-0.1, -0.05) is 19.1 Å². The molecule has 20 heavy (non-hydrogen) atoms. The quantitative estimate of drug-likeness (QED) is 0.917. The maximum atomic E-state index is 5.59. The molecule has 2 aliphatic rings. The topological polar surface area (TPSA) is 24.5 Å². The highest BCUT2D eigenvalue weighted by Crippen LogP contribution is 2.29. The van der Waals surface area contributed by atoms with E-state index in [0.29, 0.717) is 18.0 Å². The van der Waals surface area contributed by atoms with Crippen LogP contribution < -0.4 is 10.1 Å². The average Bonchev–Trinajstić information content (AvgIpc) is 2.89. The van der Waals surface area contributed by atoms with E-state index in [1.807, 2.05) is 0 Å². The Bertz CT molecular complexity index is 474. The zero-order valence-electron chi connectivity index (χ0n) is 12.9. The molecule has 2 aliphatic heterocycles. The Hall–Kier alpha value is -1.06. The number of rotatable bonds is 3. The van der Waals surface area contributed by atoms with Gasteiger partial charge < -0.3 is 15.0 Å². The normalized spacial score (nSPS) is 27.9. The molecule has 3 atom stereocenters. The van der Waals surface area contributed by atoms with Gasteiger partial charge in [-0.05, 0) is 50.0 Å². The van der Waals surface area contributed by atoms with Gasteiger partial charge in [0.05, 0.1) is 6.61 Å². The molecule has 1 N–H and O–H groups in total. The van der Waals surface area contributed by atoms with Crippen molar-refractivity contribution < 1.29 is 4.74 Å². The summed E-state index contributed by atoms with van der Waals surface area (Å²) in [6.45, 7) is 7.88. The van der Waals surface area contributed by atoms with Crippen LogP contribution in [0.15, 0.2) is 18.2 Å². The van der Waals surface area contributed by atoms with Crippen LogP contribution in [0.25, 0.3) is 0 Å². The predicted octanol–water partition coefficient (Wildman–Crippen LogP) is 2.61. The minimum atomic E-state index is 0.414. The molecule has 3 heteroatoms. The number of likely N-dealkylation sites (tertiary alicyclic amines) is 1.